The highest BCUT2D eigenvalue weighted by Crippen LogP contribution is 2.11. The Morgan fingerprint density at radius 3 is 2.77 bits per heavy atom. The molecule has 0 bridgehead atoms. The Labute approximate surface area is 77.2 Å². The Morgan fingerprint density at radius 2 is 2.23 bits per heavy atom. The normalized spacial score (nSPS) is 10.0. The maximum absolute atomic E-state index is 10.8. The smallest absolute Gasteiger partial charge is 0.335 e. The zero-order chi connectivity index (χ0) is 9.84. The van der Waals surface area contributed by atoms with Crippen LogP contribution in [0, 0.1) is 6.92 Å². The molecular weight excluding hydrogens is 166 g/mol. The predicted molar refractivity (Wildman–Crippen MR) is 50.9 cm³/mol. The van der Waals surface area contributed by atoms with Crippen molar-refractivity contribution >= 4 is 5.97 Å². The van der Waals surface area contributed by atoms with E-state index in [1.165, 1.54) is 0 Å². The number of carbonyl (C=O) groups is 1. The van der Waals surface area contributed by atoms with Crippen LogP contribution in [0.3, 0.4) is 0 Å². The Kier molecular flexibility index (Phi) is 3.03. The van der Waals surface area contributed by atoms with Crippen molar-refractivity contribution in [2.24, 2.45) is 5.73 Å². The van der Waals surface area contributed by atoms with Crippen molar-refractivity contribution in [3.63, 3.8) is 0 Å². The molecule has 1 rings (SSSR count). The monoisotopic (exact) mass is 179 g/mol. The quantitative estimate of drug-likeness (QED) is 0.732. The van der Waals surface area contributed by atoms with E-state index in [4.69, 9.17) is 10.8 Å². The van der Waals surface area contributed by atoms with Gasteiger partial charge in [0.05, 0.1) is 5.56 Å². The van der Waals surface area contributed by atoms with Gasteiger partial charge in [-0.2, -0.15) is 0 Å². The van der Waals surface area contributed by atoms with Crippen LogP contribution >= 0.6 is 0 Å². The molecule has 0 aliphatic heterocycles. The minimum Gasteiger partial charge on any atom is -0.478 e. The molecule has 0 atom stereocenters. The van der Waals surface area contributed by atoms with Crippen LogP contribution in [0.5, 0.6) is 0 Å². The molecule has 0 unspecified atom stereocenters. The summed E-state index contributed by atoms with van der Waals surface area (Å²) in [5, 5.41) is 8.88. The lowest BCUT2D eigenvalue weighted by atomic mass is 10.0. The third-order valence-corrected chi connectivity index (χ3v) is 1.91. The molecule has 0 aliphatic rings. The van der Waals surface area contributed by atoms with Crippen LogP contribution in [0.4, 0.5) is 0 Å². The van der Waals surface area contributed by atoms with Gasteiger partial charge in [0.2, 0.25) is 0 Å². The third kappa shape index (κ3) is 2.29. The third-order valence-electron chi connectivity index (χ3n) is 1.91. The van der Waals surface area contributed by atoms with Gasteiger partial charge in [-0.15, -0.1) is 0 Å². The maximum atomic E-state index is 10.8. The fourth-order valence-corrected chi connectivity index (χ4v) is 1.26. The minimum atomic E-state index is -0.882. The molecule has 1 aromatic rings. The molecule has 3 N–H and O–H groups in total. The van der Waals surface area contributed by atoms with Crippen LogP contribution in [0.2, 0.25) is 0 Å². The largest absolute Gasteiger partial charge is 0.478 e. The molecule has 3 heteroatoms. The van der Waals surface area contributed by atoms with Crippen molar-refractivity contribution in [3.8, 4) is 0 Å². The number of aromatic carboxylic acids is 1. The second-order valence-electron chi connectivity index (χ2n) is 3.00. The first kappa shape index (κ1) is 9.74. The standard InChI is InChI=1S/C10H13NO2/c1-7-2-3-8(4-5-11)9(6-7)10(12)13/h2-3,6H,4-5,11H2,1H3,(H,12,13). The SMILES string of the molecule is Cc1ccc(CCN)c(C(=O)O)c1. The topological polar surface area (TPSA) is 63.3 Å². The van der Waals surface area contributed by atoms with E-state index in [-0.39, 0.29) is 0 Å². The summed E-state index contributed by atoms with van der Waals surface area (Å²) in [5.74, 6) is -0.882. The number of nitrogens with two attached hydrogens (primary N) is 1. The van der Waals surface area contributed by atoms with Crippen LogP contribution in [0.1, 0.15) is 21.5 Å². The second-order valence-corrected chi connectivity index (χ2v) is 3.00. The Morgan fingerprint density at radius 1 is 1.54 bits per heavy atom. The molecule has 3 nitrogen and oxygen atoms in total. The van der Waals surface area contributed by atoms with Crippen LogP contribution < -0.4 is 5.73 Å². The first-order chi connectivity index (χ1) is 6.15. The molecule has 0 spiro atoms. The summed E-state index contributed by atoms with van der Waals surface area (Å²) in [5.41, 5.74) is 7.50. The molecule has 0 fully saturated rings. The zero-order valence-electron chi connectivity index (χ0n) is 7.58. The molecule has 0 amide bonds. The van der Waals surface area contributed by atoms with Crippen LogP contribution in [-0.2, 0) is 6.42 Å². The average molecular weight is 179 g/mol. The zero-order valence-corrected chi connectivity index (χ0v) is 7.58. The van der Waals surface area contributed by atoms with Crippen molar-refractivity contribution in [2.45, 2.75) is 13.3 Å². The summed E-state index contributed by atoms with van der Waals surface area (Å²) in [4.78, 5) is 10.8. The number of hydrogen-bond acceptors (Lipinski definition) is 2. The van der Waals surface area contributed by atoms with Crippen molar-refractivity contribution in [3.05, 3.63) is 34.9 Å². The first-order valence-corrected chi connectivity index (χ1v) is 4.18. The van der Waals surface area contributed by atoms with Gasteiger partial charge in [-0.3, -0.25) is 0 Å². The average Bonchev–Trinajstić information content (AvgIpc) is 2.08. The number of carboxylic acid groups (broad SMARTS) is 1. The molecule has 13 heavy (non-hydrogen) atoms. The van der Waals surface area contributed by atoms with Gasteiger partial charge in [0.25, 0.3) is 0 Å². The molecule has 0 aromatic heterocycles. The second kappa shape index (κ2) is 4.05. The van der Waals surface area contributed by atoms with Crippen molar-refractivity contribution in [1.29, 1.82) is 0 Å². The number of aryl methyl sites for hydroxylation is 1. The van der Waals surface area contributed by atoms with E-state index in [1.807, 2.05) is 19.1 Å². The summed E-state index contributed by atoms with van der Waals surface area (Å²) in [6.45, 7) is 2.35. The lowest BCUT2D eigenvalue weighted by Gasteiger charge is -2.05. The van der Waals surface area contributed by atoms with E-state index >= 15 is 0 Å². The highest BCUT2D eigenvalue weighted by Gasteiger charge is 2.08. The van der Waals surface area contributed by atoms with Gasteiger partial charge in [0.1, 0.15) is 0 Å². The fraction of sp³-hybridized carbons (Fsp3) is 0.300. The van der Waals surface area contributed by atoms with Gasteiger partial charge in [0, 0.05) is 0 Å². The molecule has 70 valence electrons. The van der Waals surface area contributed by atoms with Crippen LogP contribution in [-0.4, -0.2) is 17.6 Å². The molecule has 0 saturated carbocycles. The van der Waals surface area contributed by atoms with Crippen LogP contribution in [0.15, 0.2) is 18.2 Å². The summed E-state index contributed by atoms with van der Waals surface area (Å²) >= 11 is 0. The lowest BCUT2D eigenvalue weighted by molar-refractivity contribution is 0.0695. The summed E-state index contributed by atoms with van der Waals surface area (Å²) in [6, 6.07) is 5.40. The predicted octanol–water partition coefficient (Wildman–Crippen LogP) is 1.19. The van der Waals surface area contributed by atoms with Crippen molar-refractivity contribution in [2.75, 3.05) is 6.54 Å². The minimum absolute atomic E-state index is 0.366. The van der Waals surface area contributed by atoms with E-state index < -0.39 is 5.97 Å². The van der Waals surface area contributed by atoms with Crippen molar-refractivity contribution < 1.29 is 9.90 Å². The molecule has 0 saturated heterocycles. The van der Waals surface area contributed by atoms with Crippen molar-refractivity contribution in [1.82, 2.24) is 0 Å². The summed E-state index contributed by atoms with van der Waals surface area (Å²) in [7, 11) is 0. The molecule has 0 heterocycles. The van der Waals surface area contributed by atoms with E-state index in [1.54, 1.807) is 6.07 Å². The number of rotatable bonds is 3. The van der Waals surface area contributed by atoms with Crippen LogP contribution in [0.25, 0.3) is 0 Å². The fourth-order valence-electron chi connectivity index (χ4n) is 1.26. The molecule has 1 aromatic carbocycles. The Hall–Kier alpha value is -1.35. The van der Waals surface area contributed by atoms with Gasteiger partial charge < -0.3 is 10.8 Å². The van der Waals surface area contributed by atoms with E-state index in [0.717, 1.165) is 11.1 Å². The van der Waals surface area contributed by atoms with Gasteiger partial charge in [-0.25, -0.2) is 4.79 Å². The maximum Gasteiger partial charge on any atom is 0.335 e. The lowest BCUT2D eigenvalue weighted by Crippen LogP contribution is -2.08. The molecular formula is C10H13NO2. The van der Waals surface area contributed by atoms with Gasteiger partial charge in [-0.05, 0) is 31.5 Å². The van der Waals surface area contributed by atoms with E-state index in [2.05, 4.69) is 0 Å². The van der Waals surface area contributed by atoms with Gasteiger partial charge in [-0.1, -0.05) is 17.7 Å². The van der Waals surface area contributed by atoms with Gasteiger partial charge in [0.15, 0.2) is 0 Å². The number of carboxylic acids is 1. The molecule has 0 radical (unpaired) electrons. The highest BCUT2D eigenvalue weighted by molar-refractivity contribution is 5.89. The van der Waals surface area contributed by atoms with E-state index in [0.29, 0.717) is 18.5 Å². The first-order valence-electron chi connectivity index (χ1n) is 4.18. The Balaban J connectivity index is 3.10. The Bertz CT molecular complexity index is 321. The highest BCUT2D eigenvalue weighted by atomic mass is 16.4. The van der Waals surface area contributed by atoms with E-state index in [9.17, 15) is 4.79 Å². The number of benzene rings is 1. The van der Waals surface area contributed by atoms with Gasteiger partial charge >= 0.3 is 5.97 Å². The summed E-state index contributed by atoms with van der Waals surface area (Å²) < 4.78 is 0. The molecule has 0 aliphatic carbocycles. The number of hydrogen-bond donors (Lipinski definition) is 2. The summed E-state index contributed by atoms with van der Waals surface area (Å²) in [6.07, 6.45) is 0.613.